The quantitative estimate of drug-likeness (QED) is 0.837. The molecule has 0 radical (unpaired) electrons. The van der Waals surface area contributed by atoms with Crippen LogP contribution in [0.3, 0.4) is 0 Å². The van der Waals surface area contributed by atoms with E-state index in [9.17, 15) is 13.2 Å². The minimum atomic E-state index is -4.31. The molecule has 28 heavy (non-hydrogen) atoms. The summed E-state index contributed by atoms with van der Waals surface area (Å²) < 4.78 is 70.9. The molecule has 0 amide bonds. The summed E-state index contributed by atoms with van der Waals surface area (Å²) in [7, 11) is 1.67. The van der Waals surface area contributed by atoms with Crippen LogP contribution in [0.15, 0.2) is 23.2 Å². The summed E-state index contributed by atoms with van der Waals surface area (Å²) >= 11 is 0. The van der Waals surface area contributed by atoms with Crippen LogP contribution in [0.1, 0.15) is 46.0 Å². The van der Waals surface area contributed by atoms with Crippen molar-refractivity contribution in [3.63, 3.8) is 0 Å². The van der Waals surface area contributed by atoms with E-state index in [4.69, 9.17) is 22.7 Å². The van der Waals surface area contributed by atoms with Crippen molar-refractivity contribution in [2.45, 2.75) is 56.3 Å². The Morgan fingerprint density at radius 2 is 2.11 bits per heavy atom. The minimum Gasteiger partial charge on any atom is -0.493 e. The van der Waals surface area contributed by atoms with E-state index in [1.165, 1.54) is 0 Å². The molecule has 2 spiro atoms. The first-order valence-electron chi connectivity index (χ1n) is 10.4. The maximum absolute atomic E-state index is 12.5. The van der Waals surface area contributed by atoms with Crippen LogP contribution in [0, 0.1) is 5.41 Å². The smallest absolute Gasteiger partial charge is 0.392 e. The van der Waals surface area contributed by atoms with Crippen LogP contribution in [0.4, 0.5) is 13.2 Å². The van der Waals surface area contributed by atoms with Gasteiger partial charge in [0.15, 0.2) is 0 Å². The molecule has 2 N–H and O–H groups in total. The number of benzene rings is 1. The van der Waals surface area contributed by atoms with Crippen molar-refractivity contribution < 1.29 is 30.1 Å². The highest BCUT2D eigenvalue weighted by molar-refractivity contribution is 5.75. The van der Waals surface area contributed by atoms with Crippen LogP contribution in [0.5, 0.6) is 5.75 Å². The summed E-state index contributed by atoms with van der Waals surface area (Å²) in [4.78, 5) is 4.52. The van der Waals surface area contributed by atoms with Crippen molar-refractivity contribution in [1.29, 1.82) is 0 Å². The van der Waals surface area contributed by atoms with Gasteiger partial charge in [0.2, 0.25) is 0 Å². The van der Waals surface area contributed by atoms with Crippen LogP contribution in [0.2, 0.25) is 0 Å². The Kier molecular flexibility index (Phi) is 4.13. The molecule has 5 nitrogen and oxygen atoms in total. The van der Waals surface area contributed by atoms with E-state index in [0.29, 0.717) is 24.8 Å². The fourth-order valence-corrected chi connectivity index (χ4v) is 4.80. The molecule has 154 valence electrons. The van der Waals surface area contributed by atoms with Gasteiger partial charge in [-0.2, -0.15) is 13.2 Å². The van der Waals surface area contributed by atoms with Crippen molar-refractivity contribution in [2.24, 2.45) is 16.1 Å². The predicted octanol–water partition coefficient (Wildman–Crippen LogP) is 3.69. The van der Waals surface area contributed by atoms with E-state index in [2.05, 4.69) is 4.99 Å². The predicted molar refractivity (Wildman–Crippen MR) is 97.3 cm³/mol. The van der Waals surface area contributed by atoms with Gasteiger partial charge >= 0.3 is 6.18 Å². The summed E-state index contributed by atoms with van der Waals surface area (Å²) in [5.74, 6) is 0.247. The van der Waals surface area contributed by atoms with Crippen molar-refractivity contribution in [3.05, 3.63) is 29.3 Å². The Hall–Kier alpha value is -1.96. The number of nitrogens with zero attached hydrogens (tertiary/aromatic N) is 1. The Morgan fingerprint density at radius 3 is 2.71 bits per heavy atom. The molecular weight excluding hydrogens is 373 g/mol. The summed E-state index contributed by atoms with van der Waals surface area (Å²) in [6.45, 7) is -2.70. The lowest BCUT2D eigenvalue weighted by Gasteiger charge is -2.45. The molecule has 1 atom stereocenters. The fraction of sp³-hybridized carbons (Fsp3) is 0.650. The van der Waals surface area contributed by atoms with E-state index in [1.807, 2.05) is 0 Å². The standard InChI is InChI=1S/C20H25F3N2O3/c1-26-14-4-6-18(7-5-14)11-13-2-3-15(27-9-8-20(21,22)23)10-16(13)19(18)12-28-17(24)25-19/h2-3,10,14H,4-9,11-12H2,1H3,(H2,24,25)/i12D2. The van der Waals surface area contributed by atoms with E-state index in [1.54, 1.807) is 25.3 Å². The minimum absolute atomic E-state index is 0.104. The van der Waals surface area contributed by atoms with Crippen LogP contribution in [-0.2, 0) is 21.4 Å². The van der Waals surface area contributed by atoms with Gasteiger partial charge in [-0.1, -0.05) is 6.07 Å². The SMILES string of the molecule is [2H]C1([2H])OC(N)=NC12c1cc(OCCC(F)(F)F)ccc1CC21CCC(OC)CC1. The molecule has 0 saturated heterocycles. The molecule has 1 aromatic carbocycles. The van der Waals surface area contributed by atoms with Gasteiger partial charge in [-0.15, -0.1) is 0 Å². The van der Waals surface area contributed by atoms with Crippen LogP contribution in [0.25, 0.3) is 0 Å². The Bertz CT molecular complexity index is 854. The highest BCUT2D eigenvalue weighted by Crippen LogP contribution is 2.61. The molecule has 8 heteroatoms. The maximum atomic E-state index is 12.5. The van der Waals surface area contributed by atoms with Crippen LogP contribution in [-0.4, -0.2) is 38.6 Å². The van der Waals surface area contributed by atoms with Crippen molar-refractivity contribution in [3.8, 4) is 5.75 Å². The first kappa shape index (κ1) is 16.9. The van der Waals surface area contributed by atoms with Gasteiger partial charge in [-0.25, -0.2) is 4.99 Å². The van der Waals surface area contributed by atoms with Crippen LogP contribution >= 0.6 is 0 Å². The third-order valence-corrected chi connectivity index (χ3v) is 6.23. The molecule has 0 aromatic heterocycles. The van der Waals surface area contributed by atoms with Crippen LogP contribution < -0.4 is 10.5 Å². The summed E-state index contributed by atoms with van der Waals surface area (Å²) in [5.41, 5.74) is 5.37. The number of amidine groups is 1. The second kappa shape index (κ2) is 6.83. The first-order valence-corrected chi connectivity index (χ1v) is 9.42. The molecule has 0 bridgehead atoms. The molecule has 1 fully saturated rings. The molecule has 1 saturated carbocycles. The lowest BCUT2D eigenvalue weighted by molar-refractivity contribution is -0.139. The maximum Gasteiger partial charge on any atom is 0.392 e. The zero-order chi connectivity index (χ0) is 21.8. The summed E-state index contributed by atoms with van der Waals surface area (Å²) in [6, 6.07) is 4.80. The molecule has 1 unspecified atom stereocenters. The molecule has 2 aliphatic carbocycles. The monoisotopic (exact) mass is 400 g/mol. The van der Waals surface area contributed by atoms with Gasteiger partial charge in [0.1, 0.15) is 17.8 Å². The Balaban J connectivity index is 1.72. The zero-order valence-electron chi connectivity index (χ0n) is 17.6. The van der Waals surface area contributed by atoms with Crippen molar-refractivity contribution >= 4 is 6.02 Å². The van der Waals surface area contributed by atoms with Gasteiger partial charge in [0.05, 0.1) is 21.9 Å². The molecule has 3 aliphatic rings. The number of hydrogen-bond acceptors (Lipinski definition) is 5. The fourth-order valence-electron chi connectivity index (χ4n) is 4.80. The molecule has 1 aromatic rings. The largest absolute Gasteiger partial charge is 0.493 e. The lowest BCUT2D eigenvalue weighted by atomic mass is 9.62. The summed E-state index contributed by atoms with van der Waals surface area (Å²) in [6.07, 6.45) is -1.83. The topological polar surface area (TPSA) is 66.1 Å². The second-order valence-electron chi connectivity index (χ2n) is 7.79. The Labute approximate surface area is 164 Å². The van der Waals surface area contributed by atoms with E-state index < -0.39 is 36.7 Å². The van der Waals surface area contributed by atoms with Crippen molar-refractivity contribution in [1.82, 2.24) is 0 Å². The third kappa shape index (κ3) is 3.21. The normalized spacial score (nSPS) is 34.6. The summed E-state index contributed by atoms with van der Waals surface area (Å²) in [5, 5.41) is 0. The number of rotatable bonds is 4. The van der Waals surface area contributed by atoms with E-state index in [-0.39, 0.29) is 17.9 Å². The third-order valence-electron chi connectivity index (χ3n) is 6.23. The van der Waals surface area contributed by atoms with E-state index in [0.717, 1.165) is 18.4 Å². The number of aliphatic imine (C=N–C) groups is 1. The molecule has 1 aliphatic heterocycles. The number of nitrogens with two attached hydrogens (primary N) is 1. The molecule has 4 rings (SSSR count). The molecular formula is C20H25F3N2O3. The number of halogens is 3. The first-order chi connectivity index (χ1) is 14.0. The lowest BCUT2D eigenvalue weighted by Crippen LogP contribution is -2.46. The Morgan fingerprint density at radius 1 is 1.36 bits per heavy atom. The van der Waals surface area contributed by atoms with Crippen molar-refractivity contribution in [2.75, 3.05) is 20.3 Å². The van der Waals surface area contributed by atoms with E-state index >= 15 is 0 Å². The van der Waals surface area contributed by atoms with Gasteiger partial charge < -0.3 is 19.9 Å². The number of methoxy groups -OCH3 is 1. The van der Waals surface area contributed by atoms with Gasteiger partial charge in [0.25, 0.3) is 6.02 Å². The highest BCUT2D eigenvalue weighted by atomic mass is 19.4. The second-order valence-corrected chi connectivity index (χ2v) is 7.79. The average molecular weight is 400 g/mol. The number of fused-ring (bicyclic) bond motifs is 3. The van der Waals surface area contributed by atoms with Gasteiger partial charge in [0, 0.05) is 12.5 Å². The molecule has 1 heterocycles. The zero-order valence-corrected chi connectivity index (χ0v) is 15.6. The van der Waals surface area contributed by atoms with Gasteiger partial charge in [-0.3, -0.25) is 0 Å². The number of alkyl halides is 3. The highest BCUT2D eigenvalue weighted by Gasteiger charge is 2.61. The van der Waals surface area contributed by atoms with Gasteiger partial charge in [-0.05, 0) is 55.4 Å². The number of hydrogen-bond donors (Lipinski definition) is 1. The number of ether oxygens (including phenoxy) is 3. The average Bonchev–Trinajstić information content (AvgIpc) is 3.06.